The zero-order valence-corrected chi connectivity index (χ0v) is 10.9. The monoisotopic (exact) mass is 247 g/mol. The van der Waals surface area contributed by atoms with Gasteiger partial charge < -0.3 is 11.1 Å². The van der Waals surface area contributed by atoms with Crippen molar-refractivity contribution >= 4 is 5.91 Å². The highest BCUT2D eigenvalue weighted by Crippen LogP contribution is 2.23. The average Bonchev–Trinajstić information content (AvgIpc) is 2.41. The van der Waals surface area contributed by atoms with Crippen LogP contribution in [0.2, 0.25) is 0 Å². The highest BCUT2D eigenvalue weighted by Gasteiger charge is 2.23. The van der Waals surface area contributed by atoms with E-state index in [9.17, 15) is 4.79 Å². The molecule has 1 heterocycles. The molecule has 1 saturated carbocycles. The SMILES string of the molecule is CC1CCCCC1NC(=O)c1ccnc(CN)c1. The van der Waals surface area contributed by atoms with Gasteiger partial charge in [-0.25, -0.2) is 0 Å². The van der Waals surface area contributed by atoms with Crippen molar-refractivity contribution in [2.75, 3.05) is 0 Å². The third-order valence-electron chi connectivity index (χ3n) is 3.72. The molecule has 0 saturated heterocycles. The largest absolute Gasteiger partial charge is 0.349 e. The second-order valence-electron chi connectivity index (χ2n) is 5.08. The molecule has 1 amide bonds. The molecule has 0 spiro atoms. The first-order valence-corrected chi connectivity index (χ1v) is 6.66. The summed E-state index contributed by atoms with van der Waals surface area (Å²) in [6.45, 7) is 2.57. The molecule has 2 atom stereocenters. The Morgan fingerprint density at radius 1 is 1.50 bits per heavy atom. The van der Waals surface area contributed by atoms with Gasteiger partial charge in [0.1, 0.15) is 0 Å². The summed E-state index contributed by atoms with van der Waals surface area (Å²) < 4.78 is 0. The number of nitrogens with two attached hydrogens (primary N) is 1. The summed E-state index contributed by atoms with van der Waals surface area (Å²) in [6.07, 6.45) is 6.41. The number of carbonyl (C=O) groups excluding carboxylic acids is 1. The molecule has 1 aliphatic carbocycles. The zero-order valence-electron chi connectivity index (χ0n) is 10.9. The Morgan fingerprint density at radius 2 is 2.28 bits per heavy atom. The first-order valence-electron chi connectivity index (χ1n) is 6.66. The summed E-state index contributed by atoms with van der Waals surface area (Å²) >= 11 is 0. The fourth-order valence-electron chi connectivity index (χ4n) is 2.51. The van der Waals surface area contributed by atoms with Gasteiger partial charge in [0.2, 0.25) is 0 Å². The van der Waals surface area contributed by atoms with Crippen molar-refractivity contribution < 1.29 is 4.79 Å². The fraction of sp³-hybridized carbons (Fsp3) is 0.571. The van der Waals surface area contributed by atoms with E-state index in [2.05, 4.69) is 17.2 Å². The Balaban J connectivity index is 2.02. The van der Waals surface area contributed by atoms with E-state index >= 15 is 0 Å². The molecule has 2 rings (SSSR count). The van der Waals surface area contributed by atoms with E-state index < -0.39 is 0 Å². The van der Waals surface area contributed by atoms with Crippen LogP contribution in [0, 0.1) is 5.92 Å². The Morgan fingerprint density at radius 3 is 3.00 bits per heavy atom. The van der Waals surface area contributed by atoms with Crippen LogP contribution in [-0.4, -0.2) is 16.9 Å². The lowest BCUT2D eigenvalue weighted by atomic mass is 9.86. The molecule has 1 aromatic rings. The summed E-state index contributed by atoms with van der Waals surface area (Å²) in [5, 5.41) is 3.13. The van der Waals surface area contributed by atoms with Gasteiger partial charge in [-0.3, -0.25) is 9.78 Å². The number of hydrogen-bond acceptors (Lipinski definition) is 3. The van der Waals surface area contributed by atoms with E-state index in [1.807, 2.05) is 0 Å². The van der Waals surface area contributed by atoms with Crippen LogP contribution in [0.4, 0.5) is 0 Å². The minimum absolute atomic E-state index is 0.00847. The summed E-state index contributed by atoms with van der Waals surface area (Å²) in [5.74, 6) is 0.560. The molecule has 0 aliphatic heterocycles. The molecular formula is C14H21N3O. The van der Waals surface area contributed by atoms with Gasteiger partial charge >= 0.3 is 0 Å². The number of rotatable bonds is 3. The lowest BCUT2D eigenvalue weighted by Gasteiger charge is -2.29. The first-order chi connectivity index (χ1) is 8.70. The predicted octanol–water partition coefficient (Wildman–Crippen LogP) is 1.85. The van der Waals surface area contributed by atoms with Crippen LogP contribution in [0.3, 0.4) is 0 Å². The molecule has 0 aromatic carbocycles. The van der Waals surface area contributed by atoms with Crippen molar-refractivity contribution in [2.45, 2.75) is 45.2 Å². The molecule has 1 fully saturated rings. The maximum atomic E-state index is 12.1. The van der Waals surface area contributed by atoms with Crippen LogP contribution in [0.15, 0.2) is 18.3 Å². The van der Waals surface area contributed by atoms with Gasteiger partial charge in [-0.1, -0.05) is 19.8 Å². The van der Waals surface area contributed by atoms with Crippen LogP contribution in [0.1, 0.15) is 48.7 Å². The molecule has 0 bridgehead atoms. The van der Waals surface area contributed by atoms with Crippen molar-refractivity contribution in [3.63, 3.8) is 0 Å². The van der Waals surface area contributed by atoms with Crippen LogP contribution in [0.5, 0.6) is 0 Å². The van der Waals surface area contributed by atoms with Crippen molar-refractivity contribution in [3.05, 3.63) is 29.6 Å². The lowest BCUT2D eigenvalue weighted by molar-refractivity contribution is 0.0910. The number of pyridine rings is 1. The van der Waals surface area contributed by atoms with E-state index in [-0.39, 0.29) is 5.91 Å². The lowest BCUT2D eigenvalue weighted by Crippen LogP contribution is -2.41. The average molecular weight is 247 g/mol. The summed E-state index contributed by atoms with van der Waals surface area (Å²) in [7, 11) is 0. The first kappa shape index (κ1) is 13.0. The van der Waals surface area contributed by atoms with Gasteiger partial charge in [-0.05, 0) is 30.9 Å². The summed E-state index contributed by atoms with van der Waals surface area (Å²) in [5.41, 5.74) is 6.94. The number of nitrogens with one attached hydrogen (secondary N) is 1. The van der Waals surface area contributed by atoms with Crippen molar-refractivity contribution in [1.29, 1.82) is 0 Å². The zero-order chi connectivity index (χ0) is 13.0. The van der Waals surface area contributed by atoms with Gasteiger partial charge in [0, 0.05) is 24.3 Å². The predicted molar refractivity (Wildman–Crippen MR) is 71.0 cm³/mol. The van der Waals surface area contributed by atoms with E-state index in [1.165, 1.54) is 19.3 Å². The smallest absolute Gasteiger partial charge is 0.251 e. The van der Waals surface area contributed by atoms with Gasteiger partial charge in [-0.2, -0.15) is 0 Å². The molecule has 18 heavy (non-hydrogen) atoms. The van der Waals surface area contributed by atoms with E-state index in [0.717, 1.165) is 12.1 Å². The summed E-state index contributed by atoms with van der Waals surface area (Å²) in [6, 6.07) is 3.81. The fourth-order valence-corrected chi connectivity index (χ4v) is 2.51. The minimum Gasteiger partial charge on any atom is -0.349 e. The van der Waals surface area contributed by atoms with Crippen molar-refractivity contribution in [2.24, 2.45) is 11.7 Å². The van der Waals surface area contributed by atoms with Gasteiger partial charge in [-0.15, -0.1) is 0 Å². The normalized spacial score (nSPS) is 23.7. The number of hydrogen-bond donors (Lipinski definition) is 2. The number of aromatic nitrogens is 1. The van der Waals surface area contributed by atoms with Crippen LogP contribution >= 0.6 is 0 Å². The Hall–Kier alpha value is -1.42. The molecular weight excluding hydrogens is 226 g/mol. The van der Waals surface area contributed by atoms with Gasteiger partial charge in [0.05, 0.1) is 5.69 Å². The highest BCUT2D eigenvalue weighted by atomic mass is 16.1. The molecule has 3 N–H and O–H groups in total. The van der Waals surface area contributed by atoms with E-state index in [1.54, 1.807) is 18.3 Å². The van der Waals surface area contributed by atoms with Gasteiger partial charge in [0.25, 0.3) is 5.91 Å². The Bertz CT molecular complexity index is 419. The molecule has 4 nitrogen and oxygen atoms in total. The number of carbonyl (C=O) groups is 1. The molecule has 1 aromatic heterocycles. The van der Waals surface area contributed by atoms with Gasteiger partial charge in [0.15, 0.2) is 0 Å². The van der Waals surface area contributed by atoms with Crippen LogP contribution in [0.25, 0.3) is 0 Å². The quantitative estimate of drug-likeness (QED) is 0.856. The van der Waals surface area contributed by atoms with Crippen LogP contribution in [-0.2, 0) is 6.54 Å². The Kier molecular flexibility index (Phi) is 4.31. The second kappa shape index (κ2) is 5.96. The maximum absolute atomic E-state index is 12.1. The standard InChI is InChI=1S/C14H21N3O/c1-10-4-2-3-5-13(10)17-14(18)11-6-7-16-12(8-11)9-15/h6-8,10,13H,2-5,9,15H2,1H3,(H,17,18). The molecule has 4 heteroatoms. The van der Waals surface area contributed by atoms with Crippen molar-refractivity contribution in [3.8, 4) is 0 Å². The molecule has 2 unspecified atom stereocenters. The maximum Gasteiger partial charge on any atom is 0.251 e. The van der Waals surface area contributed by atoms with E-state index in [0.29, 0.717) is 24.1 Å². The highest BCUT2D eigenvalue weighted by molar-refractivity contribution is 5.94. The topological polar surface area (TPSA) is 68.0 Å². The number of amides is 1. The molecule has 1 aliphatic rings. The Labute approximate surface area is 108 Å². The third-order valence-corrected chi connectivity index (χ3v) is 3.72. The van der Waals surface area contributed by atoms with Crippen LogP contribution < -0.4 is 11.1 Å². The van der Waals surface area contributed by atoms with Crippen molar-refractivity contribution in [1.82, 2.24) is 10.3 Å². The second-order valence-corrected chi connectivity index (χ2v) is 5.08. The molecule has 98 valence electrons. The number of nitrogens with zero attached hydrogens (tertiary/aromatic N) is 1. The third kappa shape index (κ3) is 3.07. The summed E-state index contributed by atoms with van der Waals surface area (Å²) in [4.78, 5) is 16.2. The van der Waals surface area contributed by atoms with E-state index in [4.69, 9.17) is 5.73 Å². The molecule has 0 radical (unpaired) electrons. The minimum atomic E-state index is -0.00847.